The molecule has 28 heavy (non-hydrogen) atoms. The lowest BCUT2D eigenvalue weighted by atomic mass is 10.1. The molecule has 8 heteroatoms. The number of benzene rings is 1. The number of aromatic nitrogens is 5. The summed E-state index contributed by atoms with van der Waals surface area (Å²) in [6.07, 6.45) is 1.39. The Morgan fingerprint density at radius 3 is 2.50 bits per heavy atom. The molecule has 0 aliphatic rings. The van der Waals surface area contributed by atoms with Crippen molar-refractivity contribution < 1.29 is 4.79 Å². The van der Waals surface area contributed by atoms with E-state index in [4.69, 9.17) is 0 Å². The predicted molar refractivity (Wildman–Crippen MR) is 106 cm³/mol. The van der Waals surface area contributed by atoms with Crippen LogP contribution in [-0.2, 0) is 20.6 Å². The van der Waals surface area contributed by atoms with Crippen molar-refractivity contribution in [1.82, 2.24) is 23.7 Å². The van der Waals surface area contributed by atoms with Gasteiger partial charge in [-0.15, -0.1) is 0 Å². The SMILES string of the molecule is Cc1ncc2c(=O)n(CC(=O)c3c(C)n(C)c4ccccc34)c(=O)n(C)c2n1. The molecule has 142 valence electrons. The lowest BCUT2D eigenvalue weighted by molar-refractivity contribution is 0.0969. The van der Waals surface area contributed by atoms with Gasteiger partial charge in [0.05, 0.1) is 6.54 Å². The normalized spacial score (nSPS) is 11.4. The van der Waals surface area contributed by atoms with Gasteiger partial charge in [-0.05, 0) is 19.9 Å². The number of ketones is 1. The Morgan fingerprint density at radius 2 is 1.75 bits per heavy atom. The molecule has 0 N–H and O–H groups in total. The molecule has 0 spiro atoms. The van der Waals surface area contributed by atoms with E-state index in [2.05, 4.69) is 9.97 Å². The van der Waals surface area contributed by atoms with E-state index in [9.17, 15) is 14.4 Å². The number of nitrogens with zero attached hydrogens (tertiary/aromatic N) is 5. The zero-order valence-electron chi connectivity index (χ0n) is 16.1. The summed E-state index contributed by atoms with van der Waals surface area (Å²) in [5.41, 5.74) is 1.34. The molecule has 0 atom stereocenters. The van der Waals surface area contributed by atoms with Crippen molar-refractivity contribution in [3.05, 3.63) is 68.4 Å². The van der Waals surface area contributed by atoms with Crippen molar-refractivity contribution in [2.75, 3.05) is 0 Å². The summed E-state index contributed by atoms with van der Waals surface area (Å²) < 4.78 is 4.15. The van der Waals surface area contributed by atoms with E-state index in [0.717, 1.165) is 21.2 Å². The van der Waals surface area contributed by atoms with Gasteiger partial charge in [-0.3, -0.25) is 18.7 Å². The zero-order valence-corrected chi connectivity index (χ0v) is 16.1. The first kappa shape index (κ1) is 17.8. The largest absolute Gasteiger partial charge is 0.347 e. The van der Waals surface area contributed by atoms with E-state index in [1.165, 1.54) is 17.8 Å². The number of carbonyl (C=O) groups is 1. The first-order valence-electron chi connectivity index (χ1n) is 8.81. The van der Waals surface area contributed by atoms with Gasteiger partial charge in [-0.1, -0.05) is 18.2 Å². The number of para-hydroxylation sites is 1. The van der Waals surface area contributed by atoms with Gasteiger partial charge in [-0.25, -0.2) is 14.8 Å². The predicted octanol–water partition coefficient (Wildman–Crippen LogP) is 1.48. The molecule has 1 aromatic carbocycles. The van der Waals surface area contributed by atoms with Crippen molar-refractivity contribution in [3.63, 3.8) is 0 Å². The number of Topliss-reactive ketones (excluding diaryl/α,β-unsaturated/α-hetero) is 1. The first-order chi connectivity index (χ1) is 13.3. The van der Waals surface area contributed by atoms with Crippen LogP contribution in [-0.4, -0.2) is 29.5 Å². The molecule has 0 bridgehead atoms. The highest BCUT2D eigenvalue weighted by Crippen LogP contribution is 2.25. The maximum Gasteiger partial charge on any atom is 0.332 e. The van der Waals surface area contributed by atoms with Crippen molar-refractivity contribution >= 4 is 27.7 Å². The maximum absolute atomic E-state index is 13.1. The molecular weight excluding hydrogens is 358 g/mol. The van der Waals surface area contributed by atoms with E-state index in [0.29, 0.717) is 11.4 Å². The van der Waals surface area contributed by atoms with Gasteiger partial charge >= 0.3 is 5.69 Å². The van der Waals surface area contributed by atoms with E-state index in [1.54, 1.807) is 6.92 Å². The monoisotopic (exact) mass is 377 g/mol. The minimum atomic E-state index is -0.582. The van der Waals surface area contributed by atoms with Crippen molar-refractivity contribution in [2.24, 2.45) is 14.1 Å². The molecule has 0 fully saturated rings. The third-order valence-corrected chi connectivity index (χ3v) is 5.18. The highest BCUT2D eigenvalue weighted by atomic mass is 16.2. The fourth-order valence-electron chi connectivity index (χ4n) is 3.60. The second-order valence-electron chi connectivity index (χ2n) is 6.85. The highest BCUT2D eigenvalue weighted by Gasteiger charge is 2.21. The summed E-state index contributed by atoms with van der Waals surface area (Å²) in [6.45, 7) is 3.19. The van der Waals surface area contributed by atoms with Crippen LogP contribution in [0.3, 0.4) is 0 Å². The molecule has 0 aliphatic carbocycles. The van der Waals surface area contributed by atoms with Gasteiger partial charge in [0.25, 0.3) is 5.56 Å². The number of rotatable bonds is 3. The molecule has 0 radical (unpaired) electrons. The minimum Gasteiger partial charge on any atom is -0.347 e. The Morgan fingerprint density at radius 1 is 1.04 bits per heavy atom. The molecule has 4 aromatic rings. The van der Waals surface area contributed by atoms with E-state index >= 15 is 0 Å². The molecule has 8 nitrogen and oxygen atoms in total. The Bertz CT molecular complexity index is 1390. The van der Waals surface area contributed by atoms with E-state index < -0.39 is 11.2 Å². The van der Waals surface area contributed by atoms with Crippen LogP contribution < -0.4 is 11.2 Å². The molecule has 3 heterocycles. The lowest BCUT2D eigenvalue weighted by Gasteiger charge is -2.10. The van der Waals surface area contributed by atoms with Crippen LogP contribution in [0.1, 0.15) is 21.9 Å². The molecule has 4 rings (SSSR count). The molecule has 0 amide bonds. The first-order valence-corrected chi connectivity index (χ1v) is 8.81. The average molecular weight is 377 g/mol. The maximum atomic E-state index is 13.1. The van der Waals surface area contributed by atoms with Crippen molar-refractivity contribution in [3.8, 4) is 0 Å². The van der Waals surface area contributed by atoms with Gasteiger partial charge < -0.3 is 4.57 Å². The Hall–Kier alpha value is -3.55. The second-order valence-corrected chi connectivity index (χ2v) is 6.85. The third kappa shape index (κ3) is 2.49. The fraction of sp³-hybridized carbons (Fsp3) is 0.250. The summed E-state index contributed by atoms with van der Waals surface area (Å²) in [4.78, 5) is 46.9. The summed E-state index contributed by atoms with van der Waals surface area (Å²) in [6, 6.07) is 7.56. The minimum absolute atomic E-state index is 0.204. The molecular formula is C20H19N5O3. The summed E-state index contributed by atoms with van der Waals surface area (Å²) in [7, 11) is 3.41. The number of hydrogen-bond donors (Lipinski definition) is 0. The van der Waals surface area contributed by atoms with Crippen LogP contribution in [0.5, 0.6) is 0 Å². The van der Waals surface area contributed by atoms with Crippen molar-refractivity contribution in [1.29, 1.82) is 0 Å². The Kier molecular flexibility index (Phi) is 3.99. The number of carbonyl (C=O) groups excluding carboxylic acids is 1. The average Bonchev–Trinajstić information content (AvgIpc) is 2.94. The van der Waals surface area contributed by atoms with Gasteiger partial charge in [0.2, 0.25) is 0 Å². The quantitative estimate of drug-likeness (QED) is 0.504. The van der Waals surface area contributed by atoms with Crippen LogP contribution in [0, 0.1) is 13.8 Å². The van der Waals surface area contributed by atoms with E-state index in [1.807, 2.05) is 42.8 Å². The summed E-state index contributed by atoms with van der Waals surface area (Å²) in [5, 5.41) is 1.01. The second kappa shape index (κ2) is 6.26. The summed E-state index contributed by atoms with van der Waals surface area (Å²) >= 11 is 0. The zero-order chi connectivity index (χ0) is 20.2. The van der Waals surface area contributed by atoms with E-state index in [-0.39, 0.29) is 23.4 Å². The van der Waals surface area contributed by atoms with Gasteiger partial charge in [-0.2, -0.15) is 0 Å². The van der Waals surface area contributed by atoms with Crippen LogP contribution in [0.25, 0.3) is 21.9 Å². The number of fused-ring (bicyclic) bond motifs is 2. The molecule has 0 saturated carbocycles. The van der Waals surface area contributed by atoms with Gasteiger partial charge in [0.15, 0.2) is 11.4 Å². The molecule has 3 aromatic heterocycles. The topological polar surface area (TPSA) is 91.8 Å². The lowest BCUT2D eigenvalue weighted by Crippen LogP contribution is -2.41. The summed E-state index contributed by atoms with van der Waals surface area (Å²) in [5.74, 6) is 0.169. The Labute approximate surface area is 159 Å². The van der Waals surface area contributed by atoms with Crippen LogP contribution in [0.4, 0.5) is 0 Å². The van der Waals surface area contributed by atoms with Gasteiger partial charge in [0, 0.05) is 42.5 Å². The van der Waals surface area contributed by atoms with Crippen LogP contribution in [0.15, 0.2) is 40.1 Å². The standard InChI is InChI=1S/C20H19N5O3/c1-11-17(13-7-5-6-8-15(13)23(11)3)16(26)10-25-19(27)14-9-21-12(2)22-18(14)24(4)20(25)28/h5-9H,10H2,1-4H3. The fourth-order valence-corrected chi connectivity index (χ4v) is 3.60. The molecule has 0 saturated heterocycles. The number of hydrogen-bond acceptors (Lipinski definition) is 5. The highest BCUT2D eigenvalue weighted by molar-refractivity contribution is 6.09. The van der Waals surface area contributed by atoms with Crippen LogP contribution in [0.2, 0.25) is 0 Å². The number of aryl methyl sites for hydroxylation is 3. The van der Waals surface area contributed by atoms with Crippen molar-refractivity contribution in [2.45, 2.75) is 20.4 Å². The van der Waals surface area contributed by atoms with Gasteiger partial charge in [0.1, 0.15) is 11.2 Å². The third-order valence-electron chi connectivity index (χ3n) is 5.18. The molecule has 0 aliphatic heterocycles. The van der Waals surface area contributed by atoms with Crippen LogP contribution >= 0.6 is 0 Å². The Balaban J connectivity index is 1.89. The smallest absolute Gasteiger partial charge is 0.332 e. The molecule has 0 unspecified atom stereocenters.